The fraction of sp³-hybridized carbons (Fsp3) is 0.308. The average molecular weight is 296 g/mol. The van der Waals surface area contributed by atoms with Gasteiger partial charge in [0.05, 0.1) is 17.8 Å². The van der Waals surface area contributed by atoms with Crippen molar-refractivity contribution < 1.29 is 9.90 Å². The number of benzene rings is 1. The maximum atomic E-state index is 11.2. The number of nitrogens with zero attached hydrogens (tertiary/aromatic N) is 1. The van der Waals surface area contributed by atoms with E-state index in [9.17, 15) is 4.79 Å². The summed E-state index contributed by atoms with van der Waals surface area (Å²) in [5.74, 6) is 1.62. The highest BCUT2D eigenvalue weighted by Gasteiger charge is 2.15. The zero-order valence-corrected chi connectivity index (χ0v) is 11.2. The van der Waals surface area contributed by atoms with Crippen molar-refractivity contribution in [1.29, 1.82) is 0 Å². The zero-order chi connectivity index (χ0) is 12.8. The Balaban J connectivity index is 3.19. The SMILES string of the molecule is C#CCN(CCC)c1cc(Br)ccc1C(=O)O. The molecule has 0 fully saturated rings. The quantitative estimate of drug-likeness (QED) is 0.849. The second-order valence-corrected chi connectivity index (χ2v) is 4.51. The van der Waals surface area contributed by atoms with Gasteiger partial charge in [-0.1, -0.05) is 28.8 Å². The van der Waals surface area contributed by atoms with Gasteiger partial charge in [-0.2, -0.15) is 0 Å². The molecule has 0 atom stereocenters. The minimum Gasteiger partial charge on any atom is -0.478 e. The van der Waals surface area contributed by atoms with Gasteiger partial charge in [-0.05, 0) is 24.6 Å². The lowest BCUT2D eigenvalue weighted by atomic mass is 10.1. The Morgan fingerprint density at radius 1 is 1.59 bits per heavy atom. The van der Waals surface area contributed by atoms with Gasteiger partial charge in [0, 0.05) is 11.0 Å². The van der Waals surface area contributed by atoms with E-state index in [2.05, 4.69) is 21.9 Å². The van der Waals surface area contributed by atoms with Crippen molar-refractivity contribution in [2.24, 2.45) is 0 Å². The largest absolute Gasteiger partial charge is 0.478 e. The van der Waals surface area contributed by atoms with Crippen LogP contribution in [0.3, 0.4) is 0 Å². The van der Waals surface area contributed by atoms with E-state index >= 15 is 0 Å². The Kier molecular flexibility index (Phi) is 5.05. The van der Waals surface area contributed by atoms with E-state index in [4.69, 9.17) is 11.5 Å². The number of carboxylic acids is 1. The molecule has 1 aromatic carbocycles. The third-order valence-electron chi connectivity index (χ3n) is 2.31. The van der Waals surface area contributed by atoms with Crippen molar-refractivity contribution >= 4 is 27.6 Å². The second kappa shape index (κ2) is 6.31. The lowest BCUT2D eigenvalue weighted by molar-refractivity contribution is 0.0697. The molecule has 0 saturated heterocycles. The summed E-state index contributed by atoms with van der Waals surface area (Å²) in [6.45, 7) is 3.17. The van der Waals surface area contributed by atoms with Crippen LogP contribution in [-0.4, -0.2) is 24.2 Å². The minimum absolute atomic E-state index is 0.275. The summed E-state index contributed by atoms with van der Waals surface area (Å²) in [6, 6.07) is 5.09. The summed E-state index contributed by atoms with van der Waals surface area (Å²) in [4.78, 5) is 13.0. The monoisotopic (exact) mass is 295 g/mol. The third-order valence-corrected chi connectivity index (χ3v) is 2.80. The van der Waals surface area contributed by atoms with Crippen LogP contribution in [0.2, 0.25) is 0 Å². The molecule has 0 unspecified atom stereocenters. The predicted molar refractivity (Wildman–Crippen MR) is 72.4 cm³/mol. The van der Waals surface area contributed by atoms with E-state index in [1.165, 1.54) is 0 Å². The molecule has 0 aromatic heterocycles. The molecule has 0 amide bonds. The lowest BCUT2D eigenvalue weighted by Crippen LogP contribution is -2.26. The molecule has 1 N–H and O–H groups in total. The van der Waals surface area contributed by atoms with E-state index in [-0.39, 0.29) is 5.56 Å². The molecule has 3 nitrogen and oxygen atoms in total. The van der Waals surface area contributed by atoms with Gasteiger partial charge in [0.25, 0.3) is 0 Å². The molecule has 90 valence electrons. The Morgan fingerprint density at radius 2 is 2.29 bits per heavy atom. The summed E-state index contributed by atoms with van der Waals surface area (Å²) in [6.07, 6.45) is 6.22. The molecule has 17 heavy (non-hydrogen) atoms. The van der Waals surface area contributed by atoms with Crippen LogP contribution in [-0.2, 0) is 0 Å². The number of hydrogen-bond donors (Lipinski definition) is 1. The number of terminal acetylenes is 1. The molecule has 1 rings (SSSR count). The average Bonchev–Trinajstić information content (AvgIpc) is 2.28. The third kappa shape index (κ3) is 3.50. The molecular formula is C13H14BrNO2. The summed E-state index contributed by atoms with van der Waals surface area (Å²) in [7, 11) is 0. The Hall–Kier alpha value is -1.47. The number of carboxylic acid groups (broad SMARTS) is 1. The summed E-state index contributed by atoms with van der Waals surface area (Å²) in [5, 5.41) is 9.15. The van der Waals surface area contributed by atoms with Crippen LogP contribution in [0, 0.1) is 12.3 Å². The van der Waals surface area contributed by atoms with Gasteiger partial charge in [0.1, 0.15) is 0 Å². The van der Waals surface area contributed by atoms with Crippen molar-refractivity contribution in [3.8, 4) is 12.3 Å². The molecule has 0 spiro atoms. The molecule has 0 aliphatic rings. The van der Waals surface area contributed by atoms with Crippen LogP contribution in [0.25, 0.3) is 0 Å². The normalized spacial score (nSPS) is 9.71. The number of rotatable bonds is 5. The van der Waals surface area contributed by atoms with Crippen LogP contribution < -0.4 is 4.90 Å². The van der Waals surface area contributed by atoms with Crippen LogP contribution in [0.4, 0.5) is 5.69 Å². The highest BCUT2D eigenvalue weighted by Crippen LogP contribution is 2.25. The first kappa shape index (κ1) is 13.6. The van der Waals surface area contributed by atoms with Crippen LogP contribution in [0.5, 0.6) is 0 Å². The smallest absolute Gasteiger partial charge is 0.337 e. The van der Waals surface area contributed by atoms with Crippen molar-refractivity contribution in [1.82, 2.24) is 0 Å². The van der Waals surface area contributed by atoms with Crippen molar-refractivity contribution in [2.75, 3.05) is 18.0 Å². The van der Waals surface area contributed by atoms with Gasteiger partial charge in [-0.3, -0.25) is 0 Å². The van der Waals surface area contributed by atoms with Crippen molar-refractivity contribution in [2.45, 2.75) is 13.3 Å². The molecule has 0 aliphatic carbocycles. The van der Waals surface area contributed by atoms with Gasteiger partial charge in [0.2, 0.25) is 0 Å². The zero-order valence-electron chi connectivity index (χ0n) is 9.61. The van der Waals surface area contributed by atoms with Gasteiger partial charge in [-0.15, -0.1) is 6.42 Å². The first-order valence-electron chi connectivity index (χ1n) is 5.31. The Morgan fingerprint density at radius 3 is 2.82 bits per heavy atom. The van der Waals surface area contributed by atoms with E-state index in [0.29, 0.717) is 12.2 Å². The van der Waals surface area contributed by atoms with E-state index < -0.39 is 5.97 Å². The summed E-state index contributed by atoms with van der Waals surface area (Å²) >= 11 is 3.34. The summed E-state index contributed by atoms with van der Waals surface area (Å²) < 4.78 is 0.843. The first-order chi connectivity index (χ1) is 8.10. The van der Waals surface area contributed by atoms with E-state index in [0.717, 1.165) is 17.4 Å². The number of aromatic carboxylic acids is 1. The van der Waals surface area contributed by atoms with E-state index in [1.54, 1.807) is 18.2 Å². The molecule has 1 aromatic rings. The van der Waals surface area contributed by atoms with Crippen LogP contribution >= 0.6 is 15.9 Å². The highest BCUT2D eigenvalue weighted by atomic mass is 79.9. The molecule has 0 radical (unpaired) electrons. The fourth-order valence-electron chi connectivity index (χ4n) is 1.61. The number of anilines is 1. The lowest BCUT2D eigenvalue weighted by Gasteiger charge is -2.23. The van der Waals surface area contributed by atoms with Gasteiger partial charge < -0.3 is 10.0 Å². The highest BCUT2D eigenvalue weighted by molar-refractivity contribution is 9.10. The van der Waals surface area contributed by atoms with Crippen molar-refractivity contribution in [3.05, 3.63) is 28.2 Å². The van der Waals surface area contributed by atoms with Crippen LogP contribution in [0.15, 0.2) is 22.7 Å². The molecular weight excluding hydrogens is 282 g/mol. The maximum Gasteiger partial charge on any atom is 0.337 e. The molecule has 0 aliphatic heterocycles. The molecule has 4 heteroatoms. The van der Waals surface area contributed by atoms with Gasteiger partial charge >= 0.3 is 5.97 Å². The topological polar surface area (TPSA) is 40.5 Å². The van der Waals surface area contributed by atoms with Gasteiger partial charge in [0.15, 0.2) is 0 Å². The molecule has 0 saturated carbocycles. The maximum absolute atomic E-state index is 11.2. The van der Waals surface area contributed by atoms with Crippen LogP contribution in [0.1, 0.15) is 23.7 Å². The second-order valence-electron chi connectivity index (χ2n) is 3.59. The number of halogens is 1. The molecule has 0 bridgehead atoms. The summed E-state index contributed by atoms with van der Waals surface area (Å²) in [5.41, 5.74) is 0.934. The predicted octanol–water partition coefficient (Wildman–Crippen LogP) is 3.00. The molecule has 0 heterocycles. The number of hydrogen-bond acceptors (Lipinski definition) is 2. The standard InChI is InChI=1S/C13H14BrNO2/c1-3-7-15(8-4-2)12-9-10(14)5-6-11(12)13(16)17/h1,5-6,9H,4,7-8H2,2H3,(H,16,17). The van der Waals surface area contributed by atoms with Gasteiger partial charge in [-0.25, -0.2) is 4.79 Å². The fourth-order valence-corrected chi connectivity index (χ4v) is 1.96. The number of carbonyl (C=O) groups is 1. The van der Waals surface area contributed by atoms with Crippen molar-refractivity contribution in [3.63, 3.8) is 0 Å². The Bertz CT molecular complexity index is 451. The Labute approximate surface area is 110 Å². The first-order valence-corrected chi connectivity index (χ1v) is 6.10. The minimum atomic E-state index is -0.939. The van der Waals surface area contributed by atoms with E-state index in [1.807, 2.05) is 11.8 Å².